The molecule has 4 heteroatoms. The fourth-order valence-electron chi connectivity index (χ4n) is 0.736. The molecule has 1 aromatic heterocycles. The van der Waals surface area contributed by atoms with E-state index in [4.69, 9.17) is 10.8 Å². The molecule has 0 aliphatic rings. The third kappa shape index (κ3) is 2.39. The Kier molecular flexibility index (Phi) is 3.22. The lowest BCUT2D eigenvalue weighted by molar-refractivity contribution is 0.268. The first-order valence-corrected chi connectivity index (χ1v) is 4.29. The first kappa shape index (κ1) is 8.89. The Morgan fingerprint density at radius 1 is 1.64 bits per heavy atom. The molecule has 0 amide bonds. The standard InChI is InChI=1S/C7H9IN2O/c8-6-1-5(2-10-3-6)7(9)4-11/h1-3,7,11H,4,9H2/t7-/m1/s1. The molecule has 0 aliphatic carbocycles. The minimum absolute atomic E-state index is 0.0399. The second-order valence-electron chi connectivity index (χ2n) is 2.23. The van der Waals surface area contributed by atoms with E-state index in [2.05, 4.69) is 27.6 Å². The number of nitrogens with zero attached hydrogens (tertiary/aromatic N) is 1. The lowest BCUT2D eigenvalue weighted by atomic mass is 10.1. The maximum atomic E-state index is 8.72. The molecule has 0 fully saturated rings. The molecule has 0 unspecified atom stereocenters. The number of pyridine rings is 1. The molecular formula is C7H9IN2O. The molecule has 1 rings (SSSR count). The fourth-order valence-corrected chi connectivity index (χ4v) is 1.26. The van der Waals surface area contributed by atoms with Crippen molar-refractivity contribution in [2.75, 3.05) is 6.61 Å². The SMILES string of the molecule is N[C@H](CO)c1cncc(I)c1. The van der Waals surface area contributed by atoms with E-state index in [1.165, 1.54) is 0 Å². The third-order valence-corrected chi connectivity index (χ3v) is 1.94. The first-order valence-electron chi connectivity index (χ1n) is 3.21. The van der Waals surface area contributed by atoms with Crippen molar-refractivity contribution in [3.05, 3.63) is 27.6 Å². The van der Waals surface area contributed by atoms with Crippen LogP contribution >= 0.6 is 22.6 Å². The van der Waals surface area contributed by atoms with Crippen molar-refractivity contribution in [1.82, 2.24) is 4.98 Å². The number of aliphatic hydroxyl groups is 1. The Balaban J connectivity index is 2.86. The summed E-state index contributed by atoms with van der Waals surface area (Å²) in [6.07, 6.45) is 3.41. The molecule has 3 N–H and O–H groups in total. The third-order valence-electron chi connectivity index (χ3n) is 1.35. The van der Waals surface area contributed by atoms with E-state index in [0.717, 1.165) is 9.13 Å². The van der Waals surface area contributed by atoms with Crippen molar-refractivity contribution in [2.24, 2.45) is 5.73 Å². The van der Waals surface area contributed by atoms with Crippen molar-refractivity contribution in [3.8, 4) is 0 Å². The second kappa shape index (κ2) is 3.99. The Labute approximate surface area is 78.8 Å². The van der Waals surface area contributed by atoms with Gasteiger partial charge in [-0.15, -0.1) is 0 Å². The maximum absolute atomic E-state index is 8.72. The number of aromatic nitrogens is 1. The van der Waals surface area contributed by atoms with E-state index >= 15 is 0 Å². The van der Waals surface area contributed by atoms with Crippen LogP contribution in [0.2, 0.25) is 0 Å². The summed E-state index contributed by atoms with van der Waals surface area (Å²) in [6, 6.07) is 1.60. The average Bonchev–Trinajstić information content (AvgIpc) is 2.03. The molecule has 0 aromatic carbocycles. The average molecular weight is 264 g/mol. The van der Waals surface area contributed by atoms with E-state index in [1.807, 2.05) is 6.07 Å². The largest absolute Gasteiger partial charge is 0.394 e. The van der Waals surface area contributed by atoms with Gasteiger partial charge >= 0.3 is 0 Å². The van der Waals surface area contributed by atoms with Crippen LogP contribution < -0.4 is 5.73 Å². The van der Waals surface area contributed by atoms with Crippen LogP contribution in [0.3, 0.4) is 0 Å². The molecule has 1 aromatic rings. The number of rotatable bonds is 2. The van der Waals surface area contributed by atoms with Crippen LogP contribution in [0.15, 0.2) is 18.5 Å². The molecule has 0 saturated heterocycles. The first-order chi connectivity index (χ1) is 5.24. The zero-order chi connectivity index (χ0) is 8.27. The van der Waals surface area contributed by atoms with Gasteiger partial charge in [-0.1, -0.05) is 0 Å². The summed E-state index contributed by atoms with van der Waals surface area (Å²) in [7, 11) is 0. The van der Waals surface area contributed by atoms with Gasteiger partial charge in [0.05, 0.1) is 12.6 Å². The van der Waals surface area contributed by atoms with E-state index in [9.17, 15) is 0 Å². The summed E-state index contributed by atoms with van der Waals surface area (Å²) in [5, 5.41) is 8.72. The van der Waals surface area contributed by atoms with Crippen LogP contribution in [0, 0.1) is 3.57 Å². The van der Waals surface area contributed by atoms with Crippen LogP contribution in [0.5, 0.6) is 0 Å². The van der Waals surface area contributed by atoms with Crippen LogP contribution in [0.25, 0.3) is 0 Å². The van der Waals surface area contributed by atoms with Crippen molar-refractivity contribution in [1.29, 1.82) is 0 Å². The highest BCUT2D eigenvalue weighted by Gasteiger charge is 2.03. The smallest absolute Gasteiger partial charge is 0.0624 e. The van der Waals surface area contributed by atoms with Crippen LogP contribution in [0.1, 0.15) is 11.6 Å². The molecule has 3 nitrogen and oxygen atoms in total. The topological polar surface area (TPSA) is 59.1 Å². The van der Waals surface area contributed by atoms with Gasteiger partial charge in [-0.2, -0.15) is 0 Å². The van der Waals surface area contributed by atoms with E-state index in [0.29, 0.717) is 0 Å². The van der Waals surface area contributed by atoms with E-state index in [-0.39, 0.29) is 12.6 Å². The van der Waals surface area contributed by atoms with Gasteiger partial charge in [0, 0.05) is 16.0 Å². The monoisotopic (exact) mass is 264 g/mol. The highest BCUT2D eigenvalue weighted by Crippen LogP contribution is 2.11. The molecule has 0 radical (unpaired) electrons. The molecule has 0 bridgehead atoms. The highest BCUT2D eigenvalue weighted by atomic mass is 127. The van der Waals surface area contributed by atoms with Crippen LogP contribution in [-0.4, -0.2) is 16.7 Å². The van der Waals surface area contributed by atoms with Gasteiger partial charge in [0.1, 0.15) is 0 Å². The lowest BCUT2D eigenvalue weighted by Gasteiger charge is -2.06. The van der Waals surface area contributed by atoms with Gasteiger partial charge < -0.3 is 10.8 Å². The Hall–Kier alpha value is -0.200. The molecule has 1 heterocycles. The molecule has 0 spiro atoms. The summed E-state index contributed by atoms with van der Waals surface area (Å²) in [4.78, 5) is 3.95. The Morgan fingerprint density at radius 2 is 2.36 bits per heavy atom. The van der Waals surface area contributed by atoms with Gasteiger partial charge in [0.2, 0.25) is 0 Å². The number of hydrogen-bond acceptors (Lipinski definition) is 3. The zero-order valence-electron chi connectivity index (χ0n) is 5.87. The van der Waals surface area contributed by atoms with Gasteiger partial charge in [0.25, 0.3) is 0 Å². The van der Waals surface area contributed by atoms with Crippen molar-refractivity contribution < 1.29 is 5.11 Å². The number of halogens is 1. The number of nitrogens with two attached hydrogens (primary N) is 1. The molecule has 60 valence electrons. The van der Waals surface area contributed by atoms with Crippen LogP contribution in [-0.2, 0) is 0 Å². The quantitative estimate of drug-likeness (QED) is 0.772. The van der Waals surface area contributed by atoms with E-state index < -0.39 is 0 Å². The molecular weight excluding hydrogens is 255 g/mol. The minimum Gasteiger partial charge on any atom is -0.394 e. The zero-order valence-corrected chi connectivity index (χ0v) is 8.02. The second-order valence-corrected chi connectivity index (χ2v) is 3.47. The maximum Gasteiger partial charge on any atom is 0.0624 e. The van der Waals surface area contributed by atoms with Crippen molar-refractivity contribution >= 4 is 22.6 Å². The molecule has 1 atom stereocenters. The minimum atomic E-state index is -0.308. The Morgan fingerprint density at radius 3 is 2.91 bits per heavy atom. The van der Waals surface area contributed by atoms with Gasteiger partial charge in [-0.05, 0) is 34.2 Å². The summed E-state index contributed by atoms with van der Waals surface area (Å²) >= 11 is 2.16. The van der Waals surface area contributed by atoms with E-state index in [1.54, 1.807) is 12.4 Å². The molecule has 11 heavy (non-hydrogen) atoms. The fraction of sp³-hybridized carbons (Fsp3) is 0.286. The lowest BCUT2D eigenvalue weighted by Crippen LogP contribution is -2.14. The predicted octanol–water partition coefficient (Wildman–Crippen LogP) is 0.678. The number of aliphatic hydroxyl groups excluding tert-OH is 1. The number of hydrogen-bond donors (Lipinski definition) is 2. The summed E-state index contributed by atoms with van der Waals surface area (Å²) < 4.78 is 1.03. The van der Waals surface area contributed by atoms with Crippen LogP contribution in [0.4, 0.5) is 0 Å². The van der Waals surface area contributed by atoms with Crippen molar-refractivity contribution in [3.63, 3.8) is 0 Å². The molecule has 0 aliphatic heterocycles. The normalized spacial score (nSPS) is 13.0. The highest BCUT2D eigenvalue weighted by molar-refractivity contribution is 14.1. The van der Waals surface area contributed by atoms with Gasteiger partial charge in [-0.25, -0.2) is 0 Å². The molecule has 0 saturated carbocycles. The summed E-state index contributed by atoms with van der Waals surface area (Å²) in [5.41, 5.74) is 6.44. The van der Waals surface area contributed by atoms with Gasteiger partial charge in [0.15, 0.2) is 0 Å². The van der Waals surface area contributed by atoms with Crippen molar-refractivity contribution in [2.45, 2.75) is 6.04 Å². The summed E-state index contributed by atoms with van der Waals surface area (Å²) in [5.74, 6) is 0. The Bertz CT molecular complexity index is 242. The van der Waals surface area contributed by atoms with Gasteiger partial charge in [-0.3, -0.25) is 4.98 Å². The predicted molar refractivity (Wildman–Crippen MR) is 51.0 cm³/mol. The summed E-state index contributed by atoms with van der Waals surface area (Å²) in [6.45, 7) is -0.0399.